The first-order chi connectivity index (χ1) is 12.8. The molecule has 2 aromatic rings. The van der Waals surface area contributed by atoms with E-state index < -0.39 is 22.3 Å². The van der Waals surface area contributed by atoms with Crippen molar-refractivity contribution < 1.29 is 24.3 Å². The van der Waals surface area contributed by atoms with Crippen LogP contribution in [0.1, 0.15) is 11.1 Å². The van der Waals surface area contributed by atoms with Crippen LogP contribution in [0.4, 0.5) is 5.69 Å². The minimum absolute atomic E-state index is 0.000571. The molecule has 9 nitrogen and oxygen atoms in total. The summed E-state index contributed by atoms with van der Waals surface area (Å²) in [7, 11) is 3.00. The van der Waals surface area contributed by atoms with Gasteiger partial charge in [-0.05, 0) is 23.8 Å². The third-order valence-corrected chi connectivity index (χ3v) is 3.70. The largest absolute Gasteiger partial charge is 0.502 e. The molecular formula is C17H16ClN3O6. The second kappa shape index (κ2) is 8.86. The number of halogens is 1. The highest BCUT2D eigenvalue weighted by Gasteiger charge is 2.17. The molecule has 0 spiro atoms. The maximum atomic E-state index is 12.0. The number of aromatic hydroxyl groups is 1. The Hall–Kier alpha value is -3.33. The van der Waals surface area contributed by atoms with Crippen LogP contribution in [0.5, 0.6) is 17.2 Å². The molecule has 0 aliphatic heterocycles. The number of carbonyl (C=O) groups excluding carboxylic acids is 1. The molecule has 27 heavy (non-hydrogen) atoms. The topological polar surface area (TPSA) is 123 Å². The van der Waals surface area contributed by atoms with Crippen molar-refractivity contribution in [2.75, 3.05) is 14.2 Å². The van der Waals surface area contributed by atoms with Crippen LogP contribution in [0.2, 0.25) is 5.02 Å². The summed E-state index contributed by atoms with van der Waals surface area (Å²) < 4.78 is 10.3. The number of hydrogen-bond acceptors (Lipinski definition) is 7. The quantitative estimate of drug-likeness (QED) is 0.423. The van der Waals surface area contributed by atoms with Crippen molar-refractivity contribution in [3.05, 3.63) is 56.6 Å². The van der Waals surface area contributed by atoms with E-state index in [1.165, 1.54) is 20.3 Å². The molecule has 1 amide bonds. The van der Waals surface area contributed by atoms with E-state index in [9.17, 15) is 20.0 Å². The monoisotopic (exact) mass is 393 g/mol. The molecule has 0 bridgehead atoms. The minimum atomic E-state index is -0.770. The average Bonchev–Trinajstić information content (AvgIpc) is 2.63. The molecule has 2 N–H and O–H groups in total. The van der Waals surface area contributed by atoms with Crippen molar-refractivity contribution in [1.82, 2.24) is 5.43 Å². The Morgan fingerprint density at radius 3 is 2.63 bits per heavy atom. The standard InChI is InChI=1S/C17H16ClN3O6/c1-26-14-4-3-10(5-15(14)27-2)6-16(22)20-19-9-11-7-12(18)8-13(17(11)23)21(24)25/h3-5,7-9,23H,6H2,1-2H3,(H,20,22). The molecule has 0 saturated carbocycles. The molecule has 142 valence electrons. The van der Waals surface area contributed by atoms with E-state index in [4.69, 9.17) is 21.1 Å². The highest BCUT2D eigenvalue weighted by atomic mass is 35.5. The number of amides is 1. The van der Waals surface area contributed by atoms with E-state index in [0.717, 1.165) is 12.3 Å². The molecule has 0 fully saturated rings. The maximum absolute atomic E-state index is 12.0. The number of nitrogens with zero attached hydrogens (tertiary/aromatic N) is 2. The lowest BCUT2D eigenvalue weighted by Gasteiger charge is -2.09. The highest BCUT2D eigenvalue weighted by Crippen LogP contribution is 2.32. The number of hydrogen-bond donors (Lipinski definition) is 2. The smallest absolute Gasteiger partial charge is 0.312 e. The van der Waals surface area contributed by atoms with Crippen LogP contribution in [-0.2, 0) is 11.2 Å². The number of phenols is 1. The highest BCUT2D eigenvalue weighted by molar-refractivity contribution is 6.31. The summed E-state index contributed by atoms with van der Waals surface area (Å²) in [6.45, 7) is 0. The number of nitrogens with one attached hydrogen (secondary N) is 1. The van der Waals surface area contributed by atoms with Crippen LogP contribution < -0.4 is 14.9 Å². The van der Waals surface area contributed by atoms with Crippen molar-refractivity contribution in [2.45, 2.75) is 6.42 Å². The Bertz CT molecular complexity index is 900. The number of nitro benzene ring substituents is 1. The van der Waals surface area contributed by atoms with Gasteiger partial charge in [0, 0.05) is 16.7 Å². The fraction of sp³-hybridized carbons (Fsp3) is 0.176. The van der Waals surface area contributed by atoms with Gasteiger partial charge in [-0.3, -0.25) is 14.9 Å². The van der Waals surface area contributed by atoms with Gasteiger partial charge in [0.2, 0.25) is 11.7 Å². The second-order valence-electron chi connectivity index (χ2n) is 5.28. The zero-order valence-electron chi connectivity index (χ0n) is 14.4. The summed E-state index contributed by atoms with van der Waals surface area (Å²) in [6.07, 6.45) is 1.08. The third-order valence-electron chi connectivity index (χ3n) is 3.49. The lowest BCUT2D eigenvalue weighted by atomic mass is 10.1. The summed E-state index contributed by atoms with van der Waals surface area (Å²) in [4.78, 5) is 22.1. The van der Waals surface area contributed by atoms with Crippen LogP contribution in [0, 0.1) is 10.1 Å². The number of benzene rings is 2. The fourth-order valence-corrected chi connectivity index (χ4v) is 2.45. The fourth-order valence-electron chi connectivity index (χ4n) is 2.23. The Morgan fingerprint density at radius 2 is 2.00 bits per heavy atom. The van der Waals surface area contributed by atoms with E-state index in [-0.39, 0.29) is 17.0 Å². The summed E-state index contributed by atoms with van der Waals surface area (Å²) in [5.74, 6) is -0.00283. The first kappa shape index (κ1) is 20.0. The molecule has 0 atom stereocenters. The van der Waals surface area contributed by atoms with Crippen molar-refractivity contribution in [2.24, 2.45) is 5.10 Å². The van der Waals surface area contributed by atoms with Crippen LogP contribution >= 0.6 is 11.6 Å². The predicted octanol–water partition coefficient (Wildman–Crippen LogP) is 2.66. The molecule has 0 radical (unpaired) electrons. The number of methoxy groups -OCH3 is 2. The number of ether oxygens (including phenoxy) is 2. The first-order valence-corrected chi connectivity index (χ1v) is 7.93. The first-order valence-electron chi connectivity index (χ1n) is 7.55. The zero-order valence-corrected chi connectivity index (χ0v) is 15.2. The van der Waals surface area contributed by atoms with Crippen LogP contribution in [-0.4, -0.2) is 36.4 Å². The van der Waals surface area contributed by atoms with E-state index in [2.05, 4.69) is 10.5 Å². The normalized spacial score (nSPS) is 10.6. The van der Waals surface area contributed by atoms with Crippen molar-refractivity contribution in [3.8, 4) is 17.2 Å². The minimum Gasteiger partial charge on any atom is -0.502 e. The second-order valence-corrected chi connectivity index (χ2v) is 5.72. The van der Waals surface area contributed by atoms with Crippen LogP contribution in [0.15, 0.2) is 35.4 Å². The Labute approximate surface area is 159 Å². The summed E-state index contributed by atoms with van der Waals surface area (Å²) in [5, 5.41) is 24.5. The molecular weight excluding hydrogens is 378 g/mol. The molecule has 0 aromatic heterocycles. The van der Waals surface area contributed by atoms with Gasteiger partial charge in [-0.2, -0.15) is 5.10 Å². The Morgan fingerprint density at radius 1 is 1.30 bits per heavy atom. The lowest BCUT2D eigenvalue weighted by Crippen LogP contribution is -2.19. The molecule has 2 rings (SSSR count). The summed E-state index contributed by atoms with van der Waals surface area (Å²) in [6, 6.07) is 7.34. The van der Waals surface area contributed by atoms with Gasteiger partial charge in [-0.15, -0.1) is 0 Å². The van der Waals surface area contributed by atoms with Gasteiger partial charge in [-0.1, -0.05) is 17.7 Å². The molecule has 0 heterocycles. The van der Waals surface area contributed by atoms with Crippen molar-refractivity contribution in [1.29, 1.82) is 0 Å². The van der Waals surface area contributed by atoms with Gasteiger partial charge in [0.05, 0.1) is 31.8 Å². The third kappa shape index (κ3) is 5.08. The Kier molecular flexibility index (Phi) is 6.56. The number of phenolic OH excluding ortho intramolecular Hbond substituents is 1. The summed E-state index contributed by atoms with van der Waals surface area (Å²) in [5.41, 5.74) is 2.39. The molecule has 2 aromatic carbocycles. The Balaban J connectivity index is 2.07. The lowest BCUT2D eigenvalue weighted by molar-refractivity contribution is -0.385. The molecule has 0 aliphatic carbocycles. The number of hydrazone groups is 1. The van der Waals surface area contributed by atoms with E-state index in [0.29, 0.717) is 17.1 Å². The number of carbonyl (C=O) groups is 1. The van der Waals surface area contributed by atoms with Crippen molar-refractivity contribution >= 4 is 29.4 Å². The maximum Gasteiger partial charge on any atom is 0.312 e. The number of rotatable bonds is 7. The number of nitro groups is 1. The van der Waals surface area contributed by atoms with E-state index in [1.807, 2.05) is 0 Å². The van der Waals surface area contributed by atoms with Crippen LogP contribution in [0.25, 0.3) is 0 Å². The van der Waals surface area contributed by atoms with Gasteiger partial charge < -0.3 is 14.6 Å². The SMILES string of the molecule is COc1ccc(CC(=O)NN=Cc2cc(Cl)cc([N+](=O)[O-])c2O)cc1OC. The average molecular weight is 394 g/mol. The van der Waals surface area contributed by atoms with Gasteiger partial charge in [0.15, 0.2) is 11.5 Å². The van der Waals surface area contributed by atoms with E-state index >= 15 is 0 Å². The summed E-state index contributed by atoms with van der Waals surface area (Å²) >= 11 is 5.78. The predicted molar refractivity (Wildman–Crippen MR) is 98.8 cm³/mol. The van der Waals surface area contributed by atoms with Crippen molar-refractivity contribution in [3.63, 3.8) is 0 Å². The zero-order chi connectivity index (χ0) is 20.0. The van der Waals surface area contributed by atoms with Crippen LogP contribution in [0.3, 0.4) is 0 Å². The molecule has 0 saturated heterocycles. The van der Waals surface area contributed by atoms with Gasteiger partial charge in [0.1, 0.15) is 0 Å². The molecule has 0 unspecified atom stereocenters. The molecule has 0 aliphatic rings. The van der Waals surface area contributed by atoms with Gasteiger partial charge >= 0.3 is 5.69 Å². The van der Waals surface area contributed by atoms with Gasteiger partial charge in [0.25, 0.3) is 0 Å². The van der Waals surface area contributed by atoms with E-state index in [1.54, 1.807) is 18.2 Å². The molecule has 10 heteroatoms. The van der Waals surface area contributed by atoms with Gasteiger partial charge in [-0.25, -0.2) is 5.43 Å².